The van der Waals surface area contributed by atoms with Crippen LogP contribution in [0.5, 0.6) is 0 Å². The van der Waals surface area contributed by atoms with E-state index in [1.54, 1.807) is 6.92 Å². The smallest absolute Gasteiger partial charge is 0.275 e. The number of aryl methyl sites for hydroxylation is 3. The molecule has 4 rings (SSSR count). The van der Waals surface area contributed by atoms with Crippen LogP contribution in [0.1, 0.15) is 22.9 Å². The molecule has 0 aliphatic carbocycles. The van der Waals surface area contributed by atoms with E-state index in [1.807, 2.05) is 38.1 Å². The van der Waals surface area contributed by atoms with Crippen LogP contribution in [0, 0.1) is 20.8 Å². The third-order valence-electron chi connectivity index (χ3n) is 4.37. The Bertz CT molecular complexity index is 1170. The zero-order valence-electron chi connectivity index (χ0n) is 14.9. The van der Waals surface area contributed by atoms with E-state index in [-0.39, 0.29) is 12.1 Å². The highest BCUT2D eigenvalue weighted by Crippen LogP contribution is 2.28. The number of rotatable bonds is 3. The van der Waals surface area contributed by atoms with Gasteiger partial charge in [0, 0.05) is 17.9 Å². The molecule has 0 atom stereocenters. The van der Waals surface area contributed by atoms with Crippen molar-refractivity contribution in [3.8, 4) is 11.3 Å². The fourth-order valence-corrected chi connectivity index (χ4v) is 3.06. The second kappa shape index (κ2) is 6.22. The Morgan fingerprint density at radius 2 is 1.77 bits per heavy atom. The van der Waals surface area contributed by atoms with Gasteiger partial charge in [-0.25, -0.2) is 4.68 Å². The van der Waals surface area contributed by atoms with Gasteiger partial charge in [-0.05, 0) is 31.5 Å². The monoisotopic (exact) mass is 346 g/mol. The molecule has 4 aromatic rings. The standard InChI is InChI=1S/C20H18N4O2/c1-12-8-9-13(2)17(10-12)19-15-6-4-5-7-16(15)20(25)24(23-19)11-18-22-21-14(3)26-18/h4-10H,11H2,1-3H3. The van der Waals surface area contributed by atoms with Crippen molar-refractivity contribution in [1.82, 2.24) is 20.0 Å². The molecule has 0 bridgehead atoms. The maximum Gasteiger partial charge on any atom is 0.275 e. The van der Waals surface area contributed by atoms with Gasteiger partial charge >= 0.3 is 0 Å². The summed E-state index contributed by atoms with van der Waals surface area (Å²) in [7, 11) is 0. The second-order valence-electron chi connectivity index (χ2n) is 6.39. The van der Waals surface area contributed by atoms with Crippen LogP contribution in [-0.4, -0.2) is 20.0 Å². The Morgan fingerprint density at radius 3 is 2.50 bits per heavy atom. The quantitative estimate of drug-likeness (QED) is 0.568. The molecule has 6 nitrogen and oxygen atoms in total. The van der Waals surface area contributed by atoms with Gasteiger partial charge < -0.3 is 4.42 Å². The molecule has 0 spiro atoms. The minimum absolute atomic E-state index is 0.141. The van der Waals surface area contributed by atoms with Crippen LogP contribution in [0.25, 0.3) is 22.0 Å². The molecule has 0 aliphatic rings. The van der Waals surface area contributed by atoms with Crippen molar-refractivity contribution in [2.24, 2.45) is 0 Å². The lowest BCUT2D eigenvalue weighted by atomic mass is 9.99. The molecular formula is C20H18N4O2. The van der Waals surface area contributed by atoms with E-state index in [4.69, 9.17) is 4.42 Å². The van der Waals surface area contributed by atoms with E-state index in [1.165, 1.54) is 4.68 Å². The molecule has 2 aromatic carbocycles. The SMILES string of the molecule is Cc1ccc(C)c(-c2nn(Cc3nnc(C)o3)c(=O)c3ccccc23)c1. The van der Waals surface area contributed by atoms with E-state index in [2.05, 4.69) is 33.5 Å². The predicted octanol–water partition coefficient (Wildman–Crippen LogP) is 3.42. The summed E-state index contributed by atoms with van der Waals surface area (Å²) in [6.45, 7) is 5.95. The van der Waals surface area contributed by atoms with Crippen LogP contribution >= 0.6 is 0 Å². The molecule has 0 saturated heterocycles. The van der Waals surface area contributed by atoms with Crippen molar-refractivity contribution >= 4 is 10.8 Å². The third kappa shape index (κ3) is 2.79. The fraction of sp³-hybridized carbons (Fsp3) is 0.200. The van der Waals surface area contributed by atoms with Crippen molar-refractivity contribution in [1.29, 1.82) is 0 Å². The molecule has 6 heteroatoms. The van der Waals surface area contributed by atoms with Gasteiger partial charge in [-0.15, -0.1) is 10.2 Å². The summed E-state index contributed by atoms with van der Waals surface area (Å²) < 4.78 is 6.82. The number of nitrogens with zero attached hydrogens (tertiary/aromatic N) is 4. The van der Waals surface area contributed by atoms with Gasteiger partial charge in [0.1, 0.15) is 6.54 Å². The molecule has 2 heterocycles. The fourth-order valence-electron chi connectivity index (χ4n) is 3.06. The molecule has 26 heavy (non-hydrogen) atoms. The van der Waals surface area contributed by atoms with Gasteiger partial charge in [-0.1, -0.05) is 35.9 Å². The molecule has 0 fully saturated rings. The van der Waals surface area contributed by atoms with E-state index < -0.39 is 0 Å². The first kappa shape index (κ1) is 16.2. The van der Waals surface area contributed by atoms with Crippen LogP contribution in [0.2, 0.25) is 0 Å². The maximum atomic E-state index is 12.9. The van der Waals surface area contributed by atoms with Crippen LogP contribution in [-0.2, 0) is 6.54 Å². The van der Waals surface area contributed by atoms with E-state index in [0.717, 1.165) is 27.8 Å². The average molecular weight is 346 g/mol. The summed E-state index contributed by atoms with van der Waals surface area (Å²) in [4.78, 5) is 12.9. The summed E-state index contributed by atoms with van der Waals surface area (Å²) in [5, 5.41) is 13.9. The van der Waals surface area contributed by atoms with Gasteiger partial charge in [-0.3, -0.25) is 4.79 Å². The van der Waals surface area contributed by atoms with E-state index >= 15 is 0 Å². The molecule has 0 saturated carbocycles. The van der Waals surface area contributed by atoms with Crippen molar-refractivity contribution in [2.45, 2.75) is 27.3 Å². The Labute approximate surface area is 150 Å². The number of hydrogen-bond acceptors (Lipinski definition) is 5. The van der Waals surface area contributed by atoms with Crippen molar-refractivity contribution in [2.75, 3.05) is 0 Å². The molecule has 0 unspecified atom stereocenters. The molecule has 0 amide bonds. The number of fused-ring (bicyclic) bond motifs is 1. The Morgan fingerprint density at radius 1 is 1.00 bits per heavy atom. The summed E-state index contributed by atoms with van der Waals surface area (Å²) in [6, 6.07) is 13.8. The minimum Gasteiger partial charge on any atom is -0.424 e. The first-order valence-electron chi connectivity index (χ1n) is 8.39. The minimum atomic E-state index is -0.175. The molecular weight excluding hydrogens is 328 g/mol. The Balaban J connectivity index is 1.98. The van der Waals surface area contributed by atoms with Crippen LogP contribution < -0.4 is 5.56 Å². The number of hydrogen-bond donors (Lipinski definition) is 0. The maximum absolute atomic E-state index is 12.9. The predicted molar refractivity (Wildman–Crippen MR) is 99.1 cm³/mol. The lowest BCUT2D eigenvalue weighted by Crippen LogP contribution is -2.24. The number of aromatic nitrogens is 4. The van der Waals surface area contributed by atoms with Crippen molar-refractivity contribution < 1.29 is 4.42 Å². The summed E-state index contributed by atoms with van der Waals surface area (Å²) in [6.07, 6.45) is 0. The topological polar surface area (TPSA) is 73.8 Å². The molecule has 0 aliphatic heterocycles. The first-order chi connectivity index (χ1) is 12.5. The first-order valence-corrected chi connectivity index (χ1v) is 8.39. The highest BCUT2D eigenvalue weighted by Gasteiger charge is 2.15. The molecule has 0 N–H and O–H groups in total. The van der Waals surface area contributed by atoms with E-state index in [9.17, 15) is 4.79 Å². The van der Waals surface area contributed by atoms with Crippen molar-refractivity contribution in [3.63, 3.8) is 0 Å². The largest absolute Gasteiger partial charge is 0.424 e. The van der Waals surface area contributed by atoms with E-state index in [0.29, 0.717) is 17.2 Å². The Hall–Kier alpha value is -3.28. The summed E-state index contributed by atoms with van der Waals surface area (Å²) in [5.74, 6) is 0.822. The normalized spacial score (nSPS) is 11.2. The second-order valence-corrected chi connectivity index (χ2v) is 6.39. The van der Waals surface area contributed by atoms with Gasteiger partial charge in [0.25, 0.3) is 5.56 Å². The summed E-state index contributed by atoms with van der Waals surface area (Å²) >= 11 is 0. The molecule has 2 aromatic heterocycles. The Kier molecular flexibility index (Phi) is 3.88. The zero-order valence-corrected chi connectivity index (χ0v) is 14.9. The zero-order chi connectivity index (χ0) is 18.3. The summed E-state index contributed by atoms with van der Waals surface area (Å²) in [5.41, 5.74) is 3.86. The van der Waals surface area contributed by atoms with Crippen LogP contribution in [0.3, 0.4) is 0 Å². The lowest BCUT2D eigenvalue weighted by molar-refractivity contribution is 0.439. The van der Waals surface area contributed by atoms with Gasteiger partial charge in [0.2, 0.25) is 11.8 Å². The lowest BCUT2D eigenvalue weighted by Gasteiger charge is -2.12. The van der Waals surface area contributed by atoms with Gasteiger partial charge in [0.05, 0.1) is 11.1 Å². The highest BCUT2D eigenvalue weighted by atomic mass is 16.4. The third-order valence-corrected chi connectivity index (χ3v) is 4.37. The van der Waals surface area contributed by atoms with Crippen LogP contribution in [0.15, 0.2) is 51.7 Å². The molecule has 130 valence electrons. The van der Waals surface area contributed by atoms with Gasteiger partial charge in [-0.2, -0.15) is 5.10 Å². The van der Waals surface area contributed by atoms with Crippen molar-refractivity contribution in [3.05, 3.63) is 75.7 Å². The number of benzene rings is 2. The van der Waals surface area contributed by atoms with Crippen LogP contribution in [0.4, 0.5) is 0 Å². The highest BCUT2D eigenvalue weighted by molar-refractivity contribution is 5.94. The molecule has 0 radical (unpaired) electrons. The van der Waals surface area contributed by atoms with Gasteiger partial charge in [0.15, 0.2) is 0 Å². The average Bonchev–Trinajstić information content (AvgIpc) is 3.05.